The summed E-state index contributed by atoms with van der Waals surface area (Å²) in [7, 11) is 0. The van der Waals surface area contributed by atoms with Gasteiger partial charge in [-0.25, -0.2) is 0 Å². The highest BCUT2D eigenvalue weighted by molar-refractivity contribution is 8.14. The fraction of sp³-hybridized carbons (Fsp3) is 0.818. The molecular formula is C11H20NS. The lowest BCUT2D eigenvalue weighted by atomic mass is 10.00. The van der Waals surface area contributed by atoms with Crippen molar-refractivity contribution in [3.8, 4) is 0 Å². The SMILES string of the molecule is C[CH]C(CCCCC)C1=NCCS1. The molecule has 75 valence electrons. The molecule has 2 heteroatoms. The van der Waals surface area contributed by atoms with Crippen LogP contribution in [-0.4, -0.2) is 17.3 Å². The third-order valence-electron chi connectivity index (χ3n) is 2.45. The minimum Gasteiger partial charge on any atom is -0.282 e. The van der Waals surface area contributed by atoms with E-state index in [2.05, 4.69) is 25.3 Å². The molecule has 1 atom stereocenters. The lowest BCUT2D eigenvalue weighted by molar-refractivity contribution is 0.612. The van der Waals surface area contributed by atoms with E-state index in [1.165, 1.54) is 36.5 Å². The van der Waals surface area contributed by atoms with Crippen LogP contribution >= 0.6 is 11.8 Å². The molecule has 1 nitrogen and oxygen atoms in total. The average Bonchev–Trinajstić information content (AvgIpc) is 2.65. The van der Waals surface area contributed by atoms with E-state index in [0.29, 0.717) is 5.92 Å². The predicted octanol–water partition coefficient (Wildman–Crippen LogP) is 3.55. The molecule has 0 saturated carbocycles. The Bertz CT molecular complexity index is 165. The molecule has 0 aromatic heterocycles. The van der Waals surface area contributed by atoms with E-state index >= 15 is 0 Å². The van der Waals surface area contributed by atoms with Crippen LogP contribution in [0.2, 0.25) is 0 Å². The molecular weight excluding hydrogens is 178 g/mol. The lowest BCUT2D eigenvalue weighted by Gasteiger charge is -2.13. The van der Waals surface area contributed by atoms with Crippen molar-refractivity contribution in [3.63, 3.8) is 0 Å². The number of unbranched alkanes of at least 4 members (excludes halogenated alkanes) is 2. The van der Waals surface area contributed by atoms with Gasteiger partial charge >= 0.3 is 0 Å². The van der Waals surface area contributed by atoms with Crippen molar-refractivity contribution < 1.29 is 0 Å². The van der Waals surface area contributed by atoms with Gasteiger partial charge in [-0.2, -0.15) is 0 Å². The summed E-state index contributed by atoms with van der Waals surface area (Å²) in [5.74, 6) is 1.85. The molecule has 0 aromatic rings. The van der Waals surface area contributed by atoms with Crippen molar-refractivity contribution in [3.05, 3.63) is 6.42 Å². The molecule has 1 heterocycles. The van der Waals surface area contributed by atoms with Crippen molar-refractivity contribution >= 4 is 16.8 Å². The van der Waals surface area contributed by atoms with Crippen LogP contribution in [0, 0.1) is 12.3 Å². The van der Waals surface area contributed by atoms with E-state index in [9.17, 15) is 0 Å². The lowest BCUT2D eigenvalue weighted by Crippen LogP contribution is -2.09. The molecule has 1 unspecified atom stereocenters. The summed E-state index contributed by atoms with van der Waals surface area (Å²) >= 11 is 1.95. The van der Waals surface area contributed by atoms with Gasteiger partial charge in [-0.1, -0.05) is 33.1 Å². The number of thioether (sulfide) groups is 1. The third kappa shape index (κ3) is 3.72. The zero-order valence-corrected chi connectivity index (χ0v) is 9.57. The van der Waals surface area contributed by atoms with Gasteiger partial charge in [-0.15, -0.1) is 11.8 Å². The fourth-order valence-electron chi connectivity index (χ4n) is 1.62. The molecule has 1 rings (SSSR count). The standard InChI is InChI=1S/C11H20NS/c1-3-5-6-7-10(4-2)11-12-8-9-13-11/h4,10H,3,5-9H2,1-2H3. The van der Waals surface area contributed by atoms with Crippen molar-refractivity contribution in [1.29, 1.82) is 0 Å². The number of hydrogen-bond acceptors (Lipinski definition) is 2. The summed E-state index contributed by atoms with van der Waals surface area (Å²) in [4.78, 5) is 4.53. The molecule has 0 spiro atoms. The van der Waals surface area contributed by atoms with Gasteiger partial charge < -0.3 is 0 Å². The van der Waals surface area contributed by atoms with E-state index in [4.69, 9.17) is 0 Å². The molecule has 13 heavy (non-hydrogen) atoms. The van der Waals surface area contributed by atoms with Gasteiger partial charge in [0.2, 0.25) is 0 Å². The minimum absolute atomic E-state index is 0.652. The molecule has 0 aliphatic carbocycles. The maximum absolute atomic E-state index is 4.53. The van der Waals surface area contributed by atoms with Crippen molar-refractivity contribution in [2.45, 2.75) is 39.5 Å². The largest absolute Gasteiger partial charge is 0.282 e. The molecule has 0 fully saturated rings. The van der Waals surface area contributed by atoms with Gasteiger partial charge in [0.15, 0.2) is 0 Å². The van der Waals surface area contributed by atoms with Crippen LogP contribution in [0.15, 0.2) is 4.99 Å². The molecule has 0 amide bonds. The van der Waals surface area contributed by atoms with E-state index in [1.54, 1.807) is 0 Å². The Morgan fingerprint density at radius 1 is 1.54 bits per heavy atom. The van der Waals surface area contributed by atoms with Gasteiger partial charge in [-0.3, -0.25) is 4.99 Å². The van der Waals surface area contributed by atoms with Crippen molar-refractivity contribution in [2.75, 3.05) is 12.3 Å². The Hall–Kier alpha value is 0.0200. The topological polar surface area (TPSA) is 12.4 Å². The molecule has 0 N–H and O–H groups in total. The first-order valence-electron chi connectivity index (χ1n) is 5.35. The highest BCUT2D eigenvalue weighted by atomic mass is 32.2. The third-order valence-corrected chi connectivity index (χ3v) is 3.56. The van der Waals surface area contributed by atoms with E-state index < -0.39 is 0 Å². The summed E-state index contributed by atoms with van der Waals surface area (Å²) in [6, 6.07) is 0. The molecule has 0 bridgehead atoms. The molecule has 1 aliphatic rings. The normalized spacial score (nSPS) is 18.8. The highest BCUT2D eigenvalue weighted by Gasteiger charge is 2.17. The van der Waals surface area contributed by atoms with Crippen molar-refractivity contribution in [1.82, 2.24) is 0 Å². The first-order chi connectivity index (χ1) is 6.38. The monoisotopic (exact) mass is 198 g/mol. The van der Waals surface area contributed by atoms with Crippen LogP contribution in [0.4, 0.5) is 0 Å². The van der Waals surface area contributed by atoms with E-state index in [-0.39, 0.29) is 0 Å². The molecule has 0 saturated heterocycles. The predicted molar refractivity (Wildman–Crippen MR) is 62.4 cm³/mol. The Balaban J connectivity index is 2.25. The van der Waals surface area contributed by atoms with Gasteiger partial charge in [0.1, 0.15) is 0 Å². The van der Waals surface area contributed by atoms with Crippen LogP contribution in [-0.2, 0) is 0 Å². The van der Waals surface area contributed by atoms with Gasteiger partial charge in [0, 0.05) is 18.2 Å². The summed E-state index contributed by atoms with van der Waals surface area (Å²) in [6.07, 6.45) is 7.65. The maximum Gasteiger partial charge on any atom is 0.0710 e. The van der Waals surface area contributed by atoms with Crippen LogP contribution in [0.3, 0.4) is 0 Å². The Labute approximate surface area is 86.4 Å². The summed E-state index contributed by atoms with van der Waals surface area (Å²) in [5.41, 5.74) is 0. The summed E-state index contributed by atoms with van der Waals surface area (Å²) in [5, 5.41) is 1.39. The van der Waals surface area contributed by atoms with Crippen LogP contribution in [0.1, 0.15) is 39.5 Å². The Morgan fingerprint density at radius 2 is 2.38 bits per heavy atom. The second kappa shape index (κ2) is 6.47. The quantitative estimate of drug-likeness (QED) is 0.594. The Kier molecular flexibility index (Phi) is 5.52. The second-order valence-electron chi connectivity index (χ2n) is 3.50. The average molecular weight is 198 g/mol. The Morgan fingerprint density at radius 3 is 2.92 bits per heavy atom. The number of rotatable bonds is 6. The van der Waals surface area contributed by atoms with Crippen LogP contribution in [0.5, 0.6) is 0 Å². The molecule has 1 aliphatic heterocycles. The second-order valence-corrected chi connectivity index (χ2v) is 4.62. The fourth-order valence-corrected chi connectivity index (χ4v) is 2.67. The van der Waals surface area contributed by atoms with Crippen molar-refractivity contribution in [2.24, 2.45) is 10.9 Å². The maximum atomic E-state index is 4.53. The van der Waals surface area contributed by atoms with E-state index in [1.807, 2.05) is 11.8 Å². The van der Waals surface area contributed by atoms with Crippen LogP contribution in [0.25, 0.3) is 0 Å². The molecule has 0 aromatic carbocycles. The number of hydrogen-bond donors (Lipinski definition) is 0. The first kappa shape index (κ1) is 11.1. The van der Waals surface area contributed by atoms with Gasteiger partial charge in [0.05, 0.1) is 5.04 Å². The zero-order chi connectivity index (χ0) is 9.52. The number of aliphatic imine (C=N–C) groups is 1. The van der Waals surface area contributed by atoms with Gasteiger partial charge in [0.25, 0.3) is 0 Å². The first-order valence-corrected chi connectivity index (χ1v) is 6.33. The van der Waals surface area contributed by atoms with E-state index in [0.717, 1.165) is 6.54 Å². The zero-order valence-electron chi connectivity index (χ0n) is 8.75. The highest BCUT2D eigenvalue weighted by Crippen LogP contribution is 2.25. The minimum atomic E-state index is 0.652. The molecule has 1 radical (unpaired) electrons. The summed E-state index contributed by atoms with van der Waals surface area (Å²) < 4.78 is 0. The van der Waals surface area contributed by atoms with Crippen LogP contribution < -0.4 is 0 Å². The van der Waals surface area contributed by atoms with Gasteiger partial charge in [-0.05, 0) is 12.8 Å². The summed E-state index contributed by atoms with van der Waals surface area (Å²) in [6.45, 7) is 5.46. The number of nitrogens with zero attached hydrogens (tertiary/aromatic N) is 1. The smallest absolute Gasteiger partial charge is 0.0710 e.